The molecule has 128 valence electrons. The Hall–Kier alpha value is -2.47. The number of anilines is 1. The lowest BCUT2D eigenvalue weighted by Gasteiger charge is -2.14. The summed E-state index contributed by atoms with van der Waals surface area (Å²) in [7, 11) is 4.89. The van der Waals surface area contributed by atoms with E-state index in [4.69, 9.17) is 26.4 Å². The molecular formula is C18H22N2O3S. The molecule has 0 unspecified atom stereocenters. The fourth-order valence-corrected chi connectivity index (χ4v) is 2.39. The number of ether oxygens (including phenoxy) is 3. The smallest absolute Gasteiger partial charge is 0.170 e. The summed E-state index contributed by atoms with van der Waals surface area (Å²) in [5.41, 5.74) is 2.01. The van der Waals surface area contributed by atoms with E-state index in [1.807, 2.05) is 42.5 Å². The van der Waals surface area contributed by atoms with Crippen LogP contribution < -0.4 is 24.8 Å². The molecule has 0 aliphatic carbocycles. The van der Waals surface area contributed by atoms with E-state index in [0.29, 0.717) is 10.9 Å². The van der Waals surface area contributed by atoms with Crippen molar-refractivity contribution in [2.24, 2.45) is 0 Å². The molecule has 0 spiro atoms. The highest BCUT2D eigenvalue weighted by atomic mass is 32.1. The van der Waals surface area contributed by atoms with E-state index in [1.165, 1.54) is 5.56 Å². The van der Waals surface area contributed by atoms with Crippen molar-refractivity contribution in [1.82, 2.24) is 5.32 Å². The molecule has 6 heteroatoms. The molecule has 2 rings (SSSR count). The highest BCUT2D eigenvalue weighted by Gasteiger charge is 2.06. The predicted octanol–water partition coefficient (Wildman–Crippen LogP) is 3.24. The van der Waals surface area contributed by atoms with Gasteiger partial charge in [0.05, 0.1) is 27.0 Å². The summed E-state index contributed by atoms with van der Waals surface area (Å²) in [5.74, 6) is 2.26. The molecule has 0 bridgehead atoms. The highest BCUT2D eigenvalue weighted by molar-refractivity contribution is 7.80. The van der Waals surface area contributed by atoms with E-state index in [1.54, 1.807) is 21.3 Å². The van der Waals surface area contributed by atoms with Crippen molar-refractivity contribution in [2.75, 3.05) is 33.2 Å². The minimum atomic E-state index is 0.548. The standard InChI is InChI=1S/C18H22N2O3S/c1-21-14-6-4-13(5-7-14)10-11-19-18(24)20-16-9-8-15(22-2)12-17(16)23-3/h4-9,12H,10-11H2,1-3H3,(H2,19,20,24). The zero-order valence-corrected chi connectivity index (χ0v) is 14.9. The van der Waals surface area contributed by atoms with Gasteiger partial charge < -0.3 is 24.8 Å². The van der Waals surface area contributed by atoms with Gasteiger partial charge in [0, 0.05) is 12.6 Å². The molecule has 0 saturated heterocycles. The van der Waals surface area contributed by atoms with Crippen LogP contribution in [0.15, 0.2) is 42.5 Å². The molecule has 0 amide bonds. The third-order valence-electron chi connectivity index (χ3n) is 3.52. The molecule has 24 heavy (non-hydrogen) atoms. The summed E-state index contributed by atoms with van der Waals surface area (Å²) >= 11 is 5.33. The summed E-state index contributed by atoms with van der Waals surface area (Å²) in [5, 5.41) is 6.88. The first-order chi connectivity index (χ1) is 11.7. The van der Waals surface area contributed by atoms with Gasteiger partial charge in [-0.05, 0) is 48.5 Å². The second kappa shape index (κ2) is 8.98. The van der Waals surface area contributed by atoms with Crippen molar-refractivity contribution in [3.8, 4) is 17.2 Å². The lowest BCUT2D eigenvalue weighted by atomic mass is 10.1. The van der Waals surface area contributed by atoms with Gasteiger partial charge in [0.2, 0.25) is 0 Å². The Labute approximate surface area is 147 Å². The second-order valence-corrected chi connectivity index (χ2v) is 5.45. The average molecular weight is 346 g/mol. The molecule has 0 aromatic heterocycles. The van der Waals surface area contributed by atoms with Crippen LogP contribution in [-0.4, -0.2) is 33.0 Å². The SMILES string of the molecule is COc1ccc(CCNC(=S)Nc2ccc(OC)cc2OC)cc1. The number of methoxy groups -OCH3 is 3. The number of rotatable bonds is 7. The number of benzene rings is 2. The largest absolute Gasteiger partial charge is 0.497 e. The quantitative estimate of drug-likeness (QED) is 0.751. The van der Waals surface area contributed by atoms with Crippen LogP contribution >= 0.6 is 12.2 Å². The first kappa shape index (κ1) is 17.9. The van der Waals surface area contributed by atoms with Crippen molar-refractivity contribution in [3.05, 3.63) is 48.0 Å². The first-order valence-corrected chi connectivity index (χ1v) is 7.97. The Balaban J connectivity index is 1.84. The molecule has 0 atom stereocenters. The molecule has 0 heterocycles. The summed E-state index contributed by atoms with van der Waals surface area (Å²) in [4.78, 5) is 0. The van der Waals surface area contributed by atoms with Crippen LogP contribution in [0.2, 0.25) is 0 Å². The molecule has 0 fully saturated rings. The molecule has 2 N–H and O–H groups in total. The van der Waals surface area contributed by atoms with E-state index in [9.17, 15) is 0 Å². The highest BCUT2D eigenvalue weighted by Crippen LogP contribution is 2.28. The average Bonchev–Trinajstić information content (AvgIpc) is 2.62. The molecule has 0 saturated carbocycles. The Morgan fingerprint density at radius 3 is 2.21 bits per heavy atom. The van der Waals surface area contributed by atoms with Crippen molar-refractivity contribution >= 4 is 23.0 Å². The third kappa shape index (κ3) is 5.03. The van der Waals surface area contributed by atoms with E-state index in [0.717, 1.165) is 30.2 Å². The van der Waals surface area contributed by atoms with Gasteiger partial charge >= 0.3 is 0 Å². The molecule has 2 aromatic rings. The van der Waals surface area contributed by atoms with Crippen LogP contribution in [0, 0.1) is 0 Å². The van der Waals surface area contributed by atoms with Gasteiger partial charge in [-0.1, -0.05) is 12.1 Å². The molecule has 0 radical (unpaired) electrons. The minimum absolute atomic E-state index is 0.548. The Morgan fingerprint density at radius 1 is 0.917 bits per heavy atom. The van der Waals surface area contributed by atoms with Gasteiger partial charge in [-0.25, -0.2) is 0 Å². The number of thiocarbonyl (C=S) groups is 1. The fraction of sp³-hybridized carbons (Fsp3) is 0.278. The van der Waals surface area contributed by atoms with E-state index in [-0.39, 0.29) is 0 Å². The zero-order valence-electron chi connectivity index (χ0n) is 14.1. The van der Waals surface area contributed by atoms with Gasteiger partial charge in [0.25, 0.3) is 0 Å². The zero-order chi connectivity index (χ0) is 17.4. The van der Waals surface area contributed by atoms with Crippen LogP contribution in [0.25, 0.3) is 0 Å². The monoisotopic (exact) mass is 346 g/mol. The van der Waals surface area contributed by atoms with Crippen LogP contribution in [0.1, 0.15) is 5.56 Å². The van der Waals surface area contributed by atoms with Gasteiger partial charge in [-0.15, -0.1) is 0 Å². The normalized spacial score (nSPS) is 9.96. The maximum Gasteiger partial charge on any atom is 0.170 e. The first-order valence-electron chi connectivity index (χ1n) is 7.56. The Kier molecular flexibility index (Phi) is 6.69. The number of hydrogen-bond donors (Lipinski definition) is 2. The predicted molar refractivity (Wildman–Crippen MR) is 100 cm³/mol. The van der Waals surface area contributed by atoms with Gasteiger partial charge in [-0.3, -0.25) is 0 Å². The number of nitrogens with one attached hydrogen (secondary N) is 2. The maximum absolute atomic E-state index is 5.34. The maximum atomic E-state index is 5.34. The molecule has 0 aliphatic rings. The van der Waals surface area contributed by atoms with Gasteiger partial charge in [0.15, 0.2) is 5.11 Å². The topological polar surface area (TPSA) is 51.8 Å². The van der Waals surface area contributed by atoms with E-state index >= 15 is 0 Å². The Morgan fingerprint density at radius 2 is 1.58 bits per heavy atom. The lowest BCUT2D eigenvalue weighted by Crippen LogP contribution is -2.30. The Bertz CT molecular complexity index is 674. The van der Waals surface area contributed by atoms with Crippen LogP contribution in [0.3, 0.4) is 0 Å². The van der Waals surface area contributed by atoms with Crippen molar-refractivity contribution in [2.45, 2.75) is 6.42 Å². The minimum Gasteiger partial charge on any atom is -0.497 e. The summed E-state index contributed by atoms with van der Waals surface area (Å²) in [6, 6.07) is 13.5. The number of hydrogen-bond acceptors (Lipinski definition) is 4. The van der Waals surface area contributed by atoms with Crippen LogP contribution in [0.4, 0.5) is 5.69 Å². The van der Waals surface area contributed by atoms with Crippen molar-refractivity contribution < 1.29 is 14.2 Å². The van der Waals surface area contributed by atoms with Crippen LogP contribution in [-0.2, 0) is 6.42 Å². The fourth-order valence-electron chi connectivity index (χ4n) is 2.18. The molecular weight excluding hydrogens is 324 g/mol. The van der Waals surface area contributed by atoms with Crippen LogP contribution in [0.5, 0.6) is 17.2 Å². The summed E-state index contributed by atoms with van der Waals surface area (Å²) < 4.78 is 15.7. The molecule has 2 aromatic carbocycles. The van der Waals surface area contributed by atoms with Crippen molar-refractivity contribution in [1.29, 1.82) is 0 Å². The second-order valence-electron chi connectivity index (χ2n) is 5.05. The third-order valence-corrected chi connectivity index (χ3v) is 3.76. The van der Waals surface area contributed by atoms with E-state index < -0.39 is 0 Å². The van der Waals surface area contributed by atoms with Crippen molar-refractivity contribution in [3.63, 3.8) is 0 Å². The molecule has 0 aliphatic heterocycles. The summed E-state index contributed by atoms with van der Waals surface area (Å²) in [6.07, 6.45) is 0.867. The van der Waals surface area contributed by atoms with Gasteiger partial charge in [0.1, 0.15) is 17.2 Å². The lowest BCUT2D eigenvalue weighted by molar-refractivity contribution is 0.395. The van der Waals surface area contributed by atoms with Gasteiger partial charge in [-0.2, -0.15) is 0 Å². The molecule has 5 nitrogen and oxygen atoms in total. The van der Waals surface area contributed by atoms with E-state index in [2.05, 4.69) is 10.6 Å². The summed E-state index contributed by atoms with van der Waals surface area (Å²) in [6.45, 7) is 0.733.